The summed E-state index contributed by atoms with van der Waals surface area (Å²) in [7, 11) is 0. The summed E-state index contributed by atoms with van der Waals surface area (Å²) >= 11 is 0. The van der Waals surface area contributed by atoms with E-state index < -0.39 is 63.1 Å². The predicted octanol–water partition coefficient (Wildman–Crippen LogP) is 8.32. The van der Waals surface area contributed by atoms with E-state index in [1.807, 2.05) is 0 Å². The van der Waals surface area contributed by atoms with E-state index >= 15 is 0 Å². The predicted molar refractivity (Wildman–Crippen MR) is 122 cm³/mol. The lowest BCUT2D eigenvalue weighted by molar-refractivity contribution is 0.577. The molecule has 0 spiro atoms. The number of nitrogens with zero attached hydrogens (tertiary/aromatic N) is 2. The topological polar surface area (TPSA) is 28.1 Å². The molecule has 0 atom stereocenters. The molecule has 0 aliphatic carbocycles. The summed E-state index contributed by atoms with van der Waals surface area (Å²) in [6.07, 6.45) is -0.137. The minimum Gasteiger partial charge on any atom is -0.232 e. The third-order valence-corrected chi connectivity index (χ3v) is 5.72. The molecule has 0 saturated carbocycles. The number of rotatable bonds is 4. The number of hydrogen-bond donors (Lipinski definition) is 0. The van der Waals surface area contributed by atoms with Gasteiger partial charge in [0.25, 0.3) is 5.69 Å². The molecule has 0 radical (unpaired) electrons. The van der Waals surface area contributed by atoms with Crippen LogP contribution in [0.15, 0.2) is 48.5 Å². The molecule has 0 amide bonds. The lowest BCUT2D eigenvalue weighted by atomic mass is 9.93. The van der Waals surface area contributed by atoms with Crippen molar-refractivity contribution in [2.75, 3.05) is 0 Å². The second kappa shape index (κ2) is 9.79. The van der Waals surface area contributed by atoms with Crippen molar-refractivity contribution in [1.29, 1.82) is 5.26 Å². The number of halogens is 7. The molecule has 4 aromatic rings. The Bertz CT molecular complexity index is 1450. The van der Waals surface area contributed by atoms with Crippen LogP contribution in [0.5, 0.6) is 0 Å². The van der Waals surface area contributed by atoms with Gasteiger partial charge < -0.3 is 0 Å². The fraction of sp³-hybridized carbons (Fsp3) is 0.0714. The largest absolute Gasteiger partial charge is 0.256 e. The van der Waals surface area contributed by atoms with Gasteiger partial charge in [0.05, 0.1) is 12.1 Å². The summed E-state index contributed by atoms with van der Waals surface area (Å²) in [5.41, 5.74) is -2.39. The van der Waals surface area contributed by atoms with Gasteiger partial charge in [0.1, 0.15) is 52.4 Å². The molecule has 4 rings (SSSR count). The monoisotopic (exact) mass is 510 g/mol. The highest BCUT2D eigenvalue weighted by Crippen LogP contribution is 2.34. The third kappa shape index (κ3) is 4.76. The van der Waals surface area contributed by atoms with Crippen LogP contribution in [0, 0.1) is 65.5 Å². The van der Waals surface area contributed by atoms with Crippen LogP contribution in [0.2, 0.25) is 0 Å². The van der Waals surface area contributed by atoms with Crippen molar-refractivity contribution in [3.63, 3.8) is 0 Å². The average molecular weight is 510 g/mol. The summed E-state index contributed by atoms with van der Waals surface area (Å²) in [6.45, 7) is 8.25. The zero-order valence-electron chi connectivity index (χ0n) is 18.9. The molecule has 37 heavy (non-hydrogen) atoms. The first-order valence-corrected chi connectivity index (χ1v) is 10.6. The molecular formula is C28H13F7N2. The summed E-state index contributed by atoms with van der Waals surface area (Å²) in [6, 6.07) is 8.77. The van der Waals surface area contributed by atoms with Crippen molar-refractivity contribution >= 4 is 5.69 Å². The Kier molecular flexibility index (Phi) is 6.74. The summed E-state index contributed by atoms with van der Waals surface area (Å²) < 4.78 is 101. The van der Waals surface area contributed by atoms with E-state index in [9.17, 15) is 30.7 Å². The minimum absolute atomic E-state index is 0.0829. The van der Waals surface area contributed by atoms with Crippen molar-refractivity contribution in [1.82, 2.24) is 0 Å². The molecule has 0 heterocycles. The normalized spacial score (nSPS) is 10.8. The van der Waals surface area contributed by atoms with Crippen LogP contribution in [0.4, 0.5) is 36.4 Å². The molecule has 9 heteroatoms. The Morgan fingerprint density at radius 1 is 0.649 bits per heavy atom. The second-order valence-electron chi connectivity index (χ2n) is 8.21. The number of nitriles is 1. The van der Waals surface area contributed by atoms with Gasteiger partial charge >= 0.3 is 0 Å². The molecule has 0 fully saturated rings. The highest BCUT2D eigenvalue weighted by atomic mass is 19.2. The van der Waals surface area contributed by atoms with Crippen molar-refractivity contribution < 1.29 is 30.7 Å². The van der Waals surface area contributed by atoms with Crippen LogP contribution in [0.1, 0.15) is 22.3 Å². The van der Waals surface area contributed by atoms with Crippen LogP contribution in [0.3, 0.4) is 0 Å². The average Bonchev–Trinajstić information content (AvgIpc) is 2.78. The Balaban J connectivity index is 1.69. The first kappa shape index (κ1) is 25.5. The van der Waals surface area contributed by atoms with E-state index in [1.165, 1.54) is 19.1 Å². The maximum absolute atomic E-state index is 15.0. The number of hydrogen-bond acceptors (Lipinski definition) is 1. The van der Waals surface area contributed by atoms with Crippen molar-refractivity contribution in [2.24, 2.45) is 0 Å². The smallest absolute Gasteiger partial charge is 0.232 e. The minimum atomic E-state index is -1.26. The van der Waals surface area contributed by atoms with E-state index in [1.54, 1.807) is 0 Å². The van der Waals surface area contributed by atoms with Gasteiger partial charge in [-0.2, -0.15) is 5.26 Å². The molecule has 0 unspecified atom stereocenters. The SMILES string of the molecule is [C-]#[N+]c1c(F)cc(-c2c(F)cc(Cc3cc(C)c(-c4cc(F)c(C#N)c(F)c4)c(F)c3)cc2F)cc1F. The van der Waals surface area contributed by atoms with Gasteiger partial charge in [-0.05, 0) is 83.6 Å². The quantitative estimate of drug-likeness (QED) is 0.200. The van der Waals surface area contributed by atoms with E-state index in [-0.39, 0.29) is 28.7 Å². The van der Waals surface area contributed by atoms with Gasteiger partial charge in [0, 0.05) is 5.56 Å². The Morgan fingerprint density at radius 2 is 1.08 bits per heavy atom. The maximum atomic E-state index is 15.0. The lowest BCUT2D eigenvalue weighted by Crippen LogP contribution is -2.00. The summed E-state index contributed by atoms with van der Waals surface area (Å²) in [5, 5.41) is 8.81. The first-order chi connectivity index (χ1) is 17.5. The maximum Gasteiger partial charge on any atom is 0.256 e. The molecule has 0 N–H and O–H groups in total. The molecule has 0 aliphatic heterocycles. The van der Waals surface area contributed by atoms with E-state index in [4.69, 9.17) is 11.8 Å². The van der Waals surface area contributed by atoms with Crippen LogP contribution < -0.4 is 0 Å². The zero-order valence-corrected chi connectivity index (χ0v) is 18.9. The molecule has 0 aliphatic rings. The van der Waals surface area contributed by atoms with Gasteiger partial charge in [0.15, 0.2) is 0 Å². The standard InChI is InChI=1S/C28H13F7N2/c1-13-3-14(5-21(31)26(13)16-8-19(29)18(12-36)20(30)9-16)4-15-6-22(32)27(23(33)7-15)17-10-24(34)28(37-2)25(35)11-17/h3,5-11H,4H2,1H3. The molecule has 0 aromatic heterocycles. The molecular weight excluding hydrogens is 497 g/mol. The fourth-order valence-corrected chi connectivity index (χ4v) is 4.16. The van der Waals surface area contributed by atoms with E-state index in [0.717, 1.165) is 30.3 Å². The Labute approximate surface area is 206 Å². The summed E-state index contributed by atoms with van der Waals surface area (Å²) in [5.74, 6) is -7.91. The van der Waals surface area contributed by atoms with Gasteiger partial charge in [0.2, 0.25) is 0 Å². The van der Waals surface area contributed by atoms with Crippen molar-refractivity contribution in [3.8, 4) is 28.3 Å². The fourth-order valence-electron chi connectivity index (χ4n) is 4.16. The van der Waals surface area contributed by atoms with Gasteiger partial charge in [-0.25, -0.2) is 35.6 Å². The number of aryl methyl sites for hydroxylation is 1. The summed E-state index contributed by atoms with van der Waals surface area (Å²) in [4.78, 5) is 2.70. The number of benzene rings is 4. The molecule has 2 nitrogen and oxygen atoms in total. The van der Waals surface area contributed by atoms with Crippen LogP contribution in [-0.2, 0) is 6.42 Å². The molecule has 4 aromatic carbocycles. The Morgan fingerprint density at radius 3 is 1.54 bits per heavy atom. The van der Waals surface area contributed by atoms with Crippen LogP contribution in [0.25, 0.3) is 27.1 Å². The molecule has 0 bridgehead atoms. The van der Waals surface area contributed by atoms with Crippen molar-refractivity contribution in [2.45, 2.75) is 13.3 Å². The van der Waals surface area contributed by atoms with Gasteiger partial charge in [-0.1, -0.05) is 6.07 Å². The van der Waals surface area contributed by atoms with E-state index in [0.29, 0.717) is 17.7 Å². The van der Waals surface area contributed by atoms with Gasteiger partial charge in [-0.3, -0.25) is 0 Å². The first-order valence-electron chi connectivity index (χ1n) is 10.6. The molecule has 184 valence electrons. The zero-order chi connectivity index (χ0) is 27.0. The van der Waals surface area contributed by atoms with Gasteiger partial charge in [-0.15, -0.1) is 0 Å². The Hall–Kier alpha value is -4.63. The van der Waals surface area contributed by atoms with Crippen LogP contribution >= 0.6 is 0 Å². The third-order valence-electron chi connectivity index (χ3n) is 5.72. The second-order valence-corrected chi connectivity index (χ2v) is 8.21. The molecule has 0 saturated heterocycles. The lowest BCUT2D eigenvalue weighted by Gasteiger charge is -2.13. The highest BCUT2D eigenvalue weighted by Gasteiger charge is 2.20. The van der Waals surface area contributed by atoms with Crippen molar-refractivity contribution in [3.05, 3.63) is 123 Å². The van der Waals surface area contributed by atoms with E-state index in [2.05, 4.69) is 4.85 Å². The highest BCUT2D eigenvalue weighted by molar-refractivity contribution is 5.70. The van der Waals surface area contributed by atoms with Crippen LogP contribution in [-0.4, -0.2) is 0 Å².